The minimum absolute atomic E-state index is 0.0991. The Morgan fingerprint density at radius 1 is 1.48 bits per heavy atom. The topological polar surface area (TPSA) is 78.0 Å². The van der Waals surface area contributed by atoms with Crippen LogP contribution in [0.1, 0.15) is 24.2 Å². The van der Waals surface area contributed by atoms with E-state index in [2.05, 4.69) is 5.10 Å². The summed E-state index contributed by atoms with van der Waals surface area (Å²) in [6, 6.07) is 4.11. The molecule has 0 fully saturated rings. The van der Waals surface area contributed by atoms with Gasteiger partial charge in [-0.2, -0.15) is 5.10 Å². The second-order valence-corrected chi connectivity index (χ2v) is 5.50. The van der Waals surface area contributed by atoms with Crippen molar-refractivity contribution in [2.75, 3.05) is 0 Å². The zero-order valence-corrected chi connectivity index (χ0v) is 12.4. The average Bonchev–Trinajstić information content (AvgIpc) is 2.80. The fourth-order valence-corrected chi connectivity index (χ4v) is 2.27. The highest BCUT2D eigenvalue weighted by atomic mass is 35.5. The smallest absolute Gasteiger partial charge is 0.270 e. The summed E-state index contributed by atoms with van der Waals surface area (Å²) in [5.41, 5.74) is 1.25. The van der Waals surface area contributed by atoms with Gasteiger partial charge in [0, 0.05) is 30.4 Å². The van der Waals surface area contributed by atoms with E-state index in [1.54, 1.807) is 10.9 Å². The van der Waals surface area contributed by atoms with Crippen LogP contribution in [-0.4, -0.2) is 21.0 Å². The Morgan fingerprint density at radius 2 is 2.19 bits per heavy atom. The molecule has 0 aliphatic heterocycles. The number of non-ortho nitro benzene ring substituents is 1. The van der Waals surface area contributed by atoms with Gasteiger partial charge in [0.05, 0.1) is 15.5 Å². The van der Waals surface area contributed by atoms with Crippen LogP contribution >= 0.6 is 11.6 Å². The molecule has 0 radical (unpaired) electrons. The van der Waals surface area contributed by atoms with E-state index in [4.69, 9.17) is 11.6 Å². The maximum absolute atomic E-state index is 11.2. The van der Waals surface area contributed by atoms with Crippen LogP contribution in [0.25, 0.3) is 11.3 Å². The Morgan fingerprint density at radius 3 is 2.71 bits per heavy atom. The van der Waals surface area contributed by atoms with E-state index in [0.29, 0.717) is 35.6 Å². The van der Waals surface area contributed by atoms with Crippen LogP contribution in [0.3, 0.4) is 0 Å². The second-order valence-electron chi connectivity index (χ2n) is 5.09. The van der Waals surface area contributed by atoms with Crippen molar-refractivity contribution >= 4 is 23.6 Å². The van der Waals surface area contributed by atoms with Gasteiger partial charge in [0.25, 0.3) is 5.69 Å². The summed E-state index contributed by atoms with van der Waals surface area (Å²) in [4.78, 5) is 21.4. The number of aldehydes is 1. The van der Waals surface area contributed by atoms with Crippen molar-refractivity contribution in [3.05, 3.63) is 45.1 Å². The normalized spacial score (nSPS) is 10.9. The Kier molecular flexibility index (Phi) is 4.37. The van der Waals surface area contributed by atoms with E-state index in [-0.39, 0.29) is 10.7 Å². The largest absolute Gasteiger partial charge is 0.298 e. The van der Waals surface area contributed by atoms with Crippen molar-refractivity contribution in [1.82, 2.24) is 9.78 Å². The van der Waals surface area contributed by atoms with Gasteiger partial charge in [-0.15, -0.1) is 0 Å². The van der Waals surface area contributed by atoms with Crippen molar-refractivity contribution in [3.63, 3.8) is 0 Å². The van der Waals surface area contributed by atoms with Crippen molar-refractivity contribution < 1.29 is 9.72 Å². The number of nitro benzene ring substituents is 1. The van der Waals surface area contributed by atoms with Gasteiger partial charge in [-0.05, 0) is 12.0 Å². The van der Waals surface area contributed by atoms with Gasteiger partial charge < -0.3 is 0 Å². The zero-order valence-electron chi connectivity index (χ0n) is 11.6. The predicted molar refractivity (Wildman–Crippen MR) is 79.6 cm³/mol. The maximum Gasteiger partial charge on any atom is 0.270 e. The minimum Gasteiger partial charge on any atom is -0.298 e. The molecule has 0 saturated carbocycles. The molecule has 1 aromatic carbocycles. The lowest BCUT2D eigenvalue weighted by Gasteiger charge is -2.04. The first kappa shape index (κ1) is 15.2. The molecule has 0 unspecified atom stereocenters. The number of nitrogens with zero attached hydrogens (tertiary/aromatic N) is 3. The molecule has 0 amide bonds. The highest BCUT2D eigenvalue weighted by Gasteiger charge is 2.17. The van der Waals surface area contributed by atoms with Crippen molar-refractivity contribution in [3.8, 4) is 11.3 Å². The highest BCUT2D eigenvalue weighted by molar-refractivity contribution is 6.33. The molecular weight excluding hydrogens is 294 g/mol. The first-order valence-corrected chi connectivity index (χ1v) is 6.77. The molecule has 2 rings (SSSR count). The van der Waals surface area contributed by atoms with Crippen LogP contribution in [0.15, 0.2) is 24.4 Å². The van der Waals surface area contributed by atoms with Gasteiger partial charge in [-0.1, -0.05) is 25.4 Å². The number of aromatic nitrogens is 2. The van der Waals surface area contributed by atoms with E-state index in [1.807, 2.05) is 13.8 Å². The number of carbonyl (C=O) groups is 1. The molecule has 0 spiro atoms. The van der Waals surface area contributed by atoms with Crippen LogP contribution in [0.4, 0.5) is 5.69 Å². The molecule has 0 aliphatic carbocycles. The molecule has 1 aromatic heterocycles. The molecule has 0 aliphatic rings. The number of carbonyl (C=O) groups excluding carboxylic acids is 1. The monoisotopic (exact) mass is 307 g/mol. The fourth-order valence-electron chi connectivity index (χ4n) is 2.01. The molecule has 0 atom stereocenters. The van der Waals surface area contributed by atoms with Gasteiger partial charge >= 0.3 is 0 Å². The number of halogens is 1. The number of hydrogen-bond acceptors (Lipinski definition) is 4. The molecule has 0 saturated heterocycles. The third kappa shape index (κ3) is 3.28. The second kappa shape index (κ2) is 6.05. The number of nitro groups is 1. The molecule has 6 nitrogen and oxygen atoms in total. The number of hydrogen-bond donors (Lipinski definition) is 0. The van der Waals surface area contributed by atoms with Crippen LogP contribution in [0.2, 0.25) is 5.02 Å². The molecule has 2 aromatic rings. The SMILES string of the molecule is CC(C)Cn1cc(C=O)c(-c2ccc([N+](=O)[O-])cc2Cl)n1. The van der Waals surface area contributed by atoms with Crippen LogP contribution < -0.4 is 0 Å². The van der Waals surface area contributed by atoms with Gasteiger partial charge in [-0.3, -0.25) is 19.6 Å². The lowest BCUT2D eigenvalue weighted by Crippen LogP contribution is -2.04. The first-order chi connectivity index (χ1) is 9.92. The summed E-state index contributed by atoms with van der Waals surface area (Å²) >= 11 is 6.08. The van der Waals surface area contributed by atoms with E-state index < -0.39 is 4.92 Å². The van der Waals surface area contributed by atoms with E-state index in [0.717, 1.165) is 0 Å². The number of benzene rings is 1. The lowest BCUT2D eigenvalue weighted by molar-refractivity contribution is -0.384. The van der Waals surface area contributed by atoms with Crippen LogP contribution in [-0.2, 0) is 6.54 Å². The Hall–Kier alpha value is -2.21. The molecule has 7 heteroatoms. The summed E-state index contributed by atoms with van der Waals surface area (Å²) in [6.45, 7) is 4.76. The summed E-state index contributed by atoms with van der Waals surface area (Å²) in [5, 5.41) is 15.3. The summed E-state index contributed by atoms with van der Waals surface area (Å²) < 4.78 is 1.68. The Labute approximate surface area is 126 Å². The molecule has 0 bridgehead atoms. The van der Waals surface area contributed by atoms with Gasteiger partial charge in [0.2, 0.25) is 0 Å². The van der Waals surface area contributed by atoms with Crippen molar-refractivity contribution in [2.24, 2.45) is 5.92 Å². The quantitative estimate of drug-likeness (QED) is 0.480. The molecule has 110 valence electrons. The van der Waals surface area contributed by atoms with E-state index >= 15 is 0 Å². The summed E-state index contributed by atoms with van der Waals surface area (Å²) in [7, 11) is 0. The first-order valence-electron chi connectivity index (χ1n) is 6.39. The average molecular weight is 308 g/mol. The van der Waals surface area contributed by atoms with Gasteiger partial charge in [-0.25, -0.2) is 0 Å². The summed E-state index contributed by atoms with van der Waals surface area (Å²) in [5.74, 6) is 0.379. The number of rotatable bonds is 5. The molecule has 21 heavy (non-hydrogen) atoms. The standard InChI is InChI=1S/C14H14ClN3O3/c1-9(2)6-17-7-10(8-19)14(16-17)12-4-3-11(18(20)21)5-13(12)15/h3-5,7-9H,6H2,1-2H3. The predicted octanol–water partition coefficient (Wildman–Crippen LogP) is 3.58. The fraction of sp³-hybridized carbons (Fsp3) is 0.286. The van der Waals surface area contributed by atoms with Crippen molar-refractivity contribution in [1.29, 1.82) is 0 Å². The van der Waals surface area contributed by atoms with Crippen molar-refractivity contribution in [2.45, 2.75) is 20.4 Å². The van der Waals surface area contributed by atoms with Gasteiger partial charge in [0.15, 0.2) is 6.29 Å². The lowest BCUT2D eigenvalue weighted by atomic mass is 10.1. The van der Waals surface area contributed by atoms with Gasteiger partial charge in [0.1, 0.15) is 5.69 Å². The Bertz CT molecular complexity index is 695. The minimum atomic E-state index is -0.520. The third-order valence-corrected chi connectivity index (χ3v) is 3.20. The highest BCUT2D eigenvalue weighted by Crippen LogP contribution is 2.31. The maximum atomic E-state index is 11.2. The van der Waals surface area contributed by atoms with Crippen LogP contribution in [0.5, 0.6) is 0 Å². The zero-order chi connectivity index (χ0) is 15.6. The van der Waals surface area contributed by atoms with Crippen LogP contribution in [0, 0.1) is 16.0 Å². The van der Waals surface area contributed by atoms with E-state index in [1.165, 1.54) is 18.2 Å². The third-order valence-electron chi connectivity index (χ3n) is 2.89. The molecule has 1 heterocycles. The van der Waals surface area contributed by atoms with E-state index in [9.17, 15) is 14.9 Å². The molecular formula is C14H14ClN3O3. The Balaban J connectivity index is 2.48. The molecule has 0 N–H and O–H groups in total. The summed E-state index contributed by atoms with van der Waals surface area (Å²) in [6.07, 6.45) is 2.36.